The van der Waals surface area contributed by atoms with Crippen LogP contribution < -0.4 is 9.47 Å². The number of fused-ring (bicyclic) bond motifs is 2. The Morgan fingerprint density at radius 3 is 2.51 bits per heavy atom. The lowest BCUT2D eigenvalue weighted by Crippen LogP contribution is -2.51. The highest BCUT2D eigenvalue weighted by molar-refractivity contribution is 5.96. The van der Waals surface area contributed by atoms with Crippen molar-refractivity contribution in [3.8, 4) is 11.6 Å². The van der Waals surface area contributed by atoms with E-state index in [0.29, 0.717) is 29.4 Å². The minimum absolute atomic E-state index is 0.0173. The third-order valence-electron chi connectivity index (χ3n) is 7.12. The minimum Gasteiger partial charge on any atom is -0.487 e. The molecular formula is C28H37N3O4. The quantitative estimate of drug-likeness (QED) is 0.609. The predicted octanol–water partition coefficient (Wildman–Crippen LogP) is 4.96. The number of hydrogen-bond donors (Lipinski definition) is 0. The lowest BCUT2D eigenvalue weighted by Gasteiger charge is -2.40. The number of amides is 2. The summed E-state index contributed by atoms with van der Waals surface area (Å²) < 4.78 is 11.8. The van der Waals surface area contributed by atoms with Gasteiger partial charge in [-0.1, -0.05) is 43.9 Å². The Bertz CT molecular complexity index is 1010. The molecule has 0 bridgehead atoms. The third-order valence-corrected chi connectivity index (χ3v) is 7.12. The molecule has 4 rings (SSSR count). The first kappa shape index (κ1) is 25.0. The van der Waals surface area contributed by atoms with Crippen molar-refractivity contribution in [1.29, 1.82) is 0 Å². The van der Waals surface area contributed by atoms with Gasteiger partial charge in [-0.3, -0.25) is 9.59 Å². The summed E-state index contributed by atoms with van der Waals surface area (Å²) in [6, 6.07) is 12.7. The van der Waals surface area contributed by atoms with Crippen LogP contribution >= 0.6 is 0 Å². The van der Waals surface area contributed by atoms with Crippen LogP contribution in [0.4, 0.5) is 0 Å². The highest BCUT2D eigenvalue weighted by Crippen LogP contribution is 2.31. The summed E-state index contributed by atoms with van der Waals surface area (Å²) in [4.78, 5) is 35.2. The molecule has 1 fully saturated rings. The fraction of sp³-hybridized carbons (Fsp3) is 0.536. The first-order valence-corrected chi connectivity index (χ1v) is 12.9. The summed E-state index contributed by atoms with van der Waals surface area (Å²) >= 11 is 0. The molecule has 2 amide bonds. The van der Waals surface area contributed by atoms with Crippen molar-refractivity contribution in [2.24, 2.45) is 0 Å². The van der Waals surface area contributed by atoms with E-state index in [9.17, 15) is 9.59 Å². The molecule has 7 nitrogen and oxygen atoms in total. The van der Waals surface area contributed by atoms with E-state index in [0.717, 1.165) is 64.3 Å². The number of aromatic nitrogens is 1. The third kappa shape index (κ3) is 6.13. The van der Waals surface area contributed by atoms with E-state index >= 15 is 0 Å². The van der Waals surface area contributed by atoms with Crippen LogP contribution in [0.2, 0.25) is 0 Å². The van der Waals surface area contributed by atoms with Crippen molar-refractivity contribution in [2.45, 2.75) is 69.9 Å². The summed E-state index contributed by atoms with van der Waals surface area (Å²) in [5, 5.41) is 0. The molecule has 2 heterocycles. The van der Waals surface area contributed by atoms with Crippen molar-refractivity contribution in [3.63, 3.8) is 0 Å². The molecule has 188 valence electrons. The maximum atomic E-state index is 13.7. The first-order chi connectivity index (χ1) is 17.1. The molecule has 2 atom stereocenters. The predicted molar refractivity (Wildman–Crippen MR) is 135 cm³/mol. The van der Waals surface area contributed by atoms with Crippen LogP contribution in [0.5, 0.6) is 11.6 Å². The van der Waals surface area contributed by atoms with Crippen molar-refractivity contribution in [1.82, 2.24) is 14.8 Å². The summed E-state index contributed by atoms with van der Waals surface area (Å²) in [7, 11) is 3.42. The summed E-state index contributed by atoms with van der Waals surface area (Å²) in [6.07, 6.45) is 8.72. The van der Waals surface area contributed by atoms with E-state index in [1.807, 2.05) is 36.2 Å². The Morgan fingerprint density at radius 2 is 1.69 bits per heavy atom. The molecule has 1 aromatic heterocycles. The van der Waals surface area contributed by atoms with Gasteiger partial charge in [-0.2, -0.15) is 0 Å². The van der Waals surface area contributed by atoms with Gasteiger partial charge in [0.2, 0.25) is 5.88 Å². The van der Waals surface area contributed by atoms with Gasteiger partial charge in [0.1, 0.15) is 17.5 Å². The molecule has 0 saturated heterocycles. The Morgan fingerprint density at radius 1 is 0.943 bits per heavy atom. The fourth-order valence-electron chi connectivity index (χ4n) is 5.16. The number of para-hydroxylation sites is 1. The maximum absolute atomic E-state index is 13.7. The number of rotatable bonds is 2. The van der Waals surface area contributed by atoms with Crippen LogP contribution in [0, 0.1) is 0 Å². The monoisotopic (exact) mass is 479 g/mol. The van der Waals surface area contributed by atoms with Gasteiger partial charge in [0.15, 0.2) is 0 Å². The zero-order valence-electron chi connectivity index (χ0n) is 20.9. The van der Waals surface area contributed by atoms with Gasteiger partial charge in [0.25, 0.3) is 11.8 Å². The number of carbonyl (C=O) groups is 2. The van der Waals surface area contributed by atoms with Crippen molar-refractivity contribution in [2.75, 3.05) is 27.2 Å². The average Bonchev–Trinajstić information content (AvgIpc) is 2.90. The fourth-order valence-corrected chi connectivity index (χ4v) is 5.16. The highest BCUT2D eigenvalue weighted by Gasteiger charge is 2.36. The molecule has 0 N–H and O–H groups in total. The molecule has 1 aliphatic carbocycles. The van der Waals surface area contributed by atoms with Gasteiger partial charge in [-0.05, 0) is 50.3 Å². The van der Waals surface area contributed by atoms with E-state index in [1.54, 1.807) is 30.2 Å². The molecule has 2 aromatic rings. The van der Waals surface area contributed by atoms with Gasteiger partial charge in [-0.15, -0.1) is 0 Å². The van der Waals surface area contributed by atoms with Gasteiger partial charge in [-0.25, -0.2) is 4.98 Å². The smallest absolute Gasteiger partial charge is 0.272 e. The number of ether oxygens (including phenoxy) is 2. The van der Waals surface area contributed by atoms with Crippen molar-refractivity contribution >= 4 is 11.8 Å². The molecule has 1 aliphatic heterocycles. The summed E-state index contributed by atoms with van der Waals surface area (Å²) in [5.74, 6) is 0.930. The zero-order chi connectivity index (χ0) is 24.6. The number of pyridine rings is 1. The lowest BCUT2D eigenvalue weighted by atomic mass is 9.90. The van der Waals surface area contributed by atoms with Crippen molar-refractivity contribution < 1.29 is 19.1 Å². The second-order valence-electron chi connectivity index (χ2n) is 9.56. The van der Waals surface area contributed by atoms with Crippen LogP contribution in [-0.4, -0.2) is 66.0 Å². The Hall–Kier alpha value is -3.09. The molecule has 1 aromatic carbocycles. The summed E-state index contributed by atoms with van der Waals surface area (Å²) in [6.45, 7) is 1.40. The van der Waals surface area contributed by atoms with Gasteiger partial charge >= 0.3 is 0 Å². The second kappa shape index (κ2) is 12.0. The number of benzene rings is 1. The van der Waals surface area contributed by atoms with E-state index in [4.69, 9.17) is 9.47 Å². The molecule has 7 heteroatoms. The maximum Gasteiger partial charge on any atom is 0.272 e. The van der Waals surface area contributed by atoms with Crippen LogP contribution in [-0.2, 0) is 0 Å². The van der Waals surface area contributed by atoms with Gasteiger partial charge < -0.3 is 19.3 Å². The Kier molecular flexibility index (Phi) is 8.61. The molecular weight excluding hydrogens is 442 g/mol. The molecule has 1 saturated carbocycles. The van der Waals surface area contributed by atoms with Crippen LogP contribution in [0.1, 0.15) is 78.6 Å². The lowest BCUT2D eigenvalue weighted by molar-refractivity contribution is 0.0266. The number of methoxy groups -OCH3 is 1. The average molecular weight is 480 g/mol. The molecule has 0 unspecified atom stereocenters. The van der Waals surface area contributed by atoms with E-state index in [2.05, 4.69) is 4.98 Å². The SMILES string of the molecule is COc1cccc(C(=O)N2CCCCCCCN(C)C(=O)c3ccccc3O[C@H]3CCCC[C@H]32)n1. The van der Waals surface area contributed by atoms with Gasteiger partial charge in [0.05, 0.1) is 18.7 Å². The Balaban J connectivity index is 1.67. The van der Waals surface area contributed by atoms with E-state index in [1.165, 1.54) is 0 Å². The van der Waals surface area contributed by atoms with E-state index in [-0.39, 0.29) is 24.0 Å². The number of nitrogens with zero attached hydrogens (tertiary/aromatic N) is 3. The molecule has 0 radical (unpaired) electrons. The molecule has 2 aliphatic rings. The topological polar surface area (TPSA) is 72.0 Å². The van der Waals surface area contributed by atoms with E-state index < -0.39 is 0 Å². The zero-order valence-corrected chi connectivity index (χ0v) is 20.9. The number of hydrogen-bond acceptors (Lipinski definition) is 5. The molecule has 0 spiro atoms. The standard InChI is InChI=1S/C28H37N3O4/c1-30-19-10-4-3-5-11-20-31(28(33)22-14-12-18-26(29-22)34-2)23-15-7-9-17-25(23)35-24-16-8-6-13-21(24)27(30)32/h6,8,12-14,16,18,23,25H,3-5,7,9-11,15,17,19-20H2,1-2H3/t23-,25+/m1/s1. The second-order valence-corrected chi connectivity index (χ2v) is 9.56. The summed E-state index contributed by atoms with van der Waals surface area (Å²) in [5.41, 5.74) is 0.977. The van der Waals surface area contributed by atoms with Crippen molar-refractivity contribution in [3.05, 3.63) is 53.7 Å². The largest absolute Gasteiger partial charge is 0.487 e. The van der Waals surface area contributed by atoms with Crippen LogP contribution in [0.25, 0.3) is 0 Å². The normalized spacial score (nSPS) is 22.2. The van der Waals surface area contributed by atoms with Crippen LogP contribution in [0.3, 0.4) is 0 Å². The number of carbonyl (C=O) groups excluding carboxylic acids is 2. The molecule has 35 heavy (non-hydrogen) atoms. The first-order valence-electron chi connectivity index (χ1n) is 12.9. The van der Waals surface area contributed by atoms with Crippen LogP contribution in [0.15, 0.2) is 42.5 Å². The minimum atomic E-state index is -0.178. The Labute approximate surface area is 208 Å². The van der Waals surface area contributed by atoms with Gasteiger partial charge in [0, 0.05) is 26.2 Å². The highest BCUT2D eigenvalue weighted by atomic mass is 16.5.